The number of hydrogen-bond acceptors (Lipinski definition) is 3. The quantitative estimate of drug-likeness (QED) is 0.477. The van der Waals surface area contributed by atoms with Crippen LogP contribution in [0, 0.1) is 10.1 Å². The van der Waals surface area contributed by atoms with E-state index in [-0.39, 0.29) is 15.8 Å². The molecular weight excluding hydrogens is 284 g/mol. The van der Waals surface area contributed by atoms with Crippen molar-refractivity contribution in [2.45, 2.75) is 38.9 Å². The number of hydrogen-bond donors (Lipinski definition) is 0. The van der Waals surface area contributed by atoms with Crippen molar-refractivity contribution in [1.29, 1.82) is 0 Å². The van der Waals surface area contributed by atoms with Crippen LogP contribution in [-0.2, 0) is 7.05 Å². The Bertz CT molecular complexity index is 699. The predicted molar refractivity (Wildman–Crippen MR) is 87.4 cm³/mol. The molecule has 0 aliphatic rings. The zero-order valence-corrected chi connectivity index (χ0v) is 14.4. The summed E-state index contributed by atoms with van der Waals surface area (Å²) in [6.07, 6.45) is 0. The minimum Gasteiger partial charge on any atom is -0.543 e. The summed E-state index contributed by atoms with van der Waals surface area (Å²) in [7, 11) is -0.272. The number of nitro groups is 1. The fourth-order valence-electron chi connectivity index (χ4n) is 2.01. The Morgan fingerprint density at radius 3 is 2.43 bits per heavy atom. The van der Waals surface area contributed by atoms with Crippen molar-refractivity contribution in [2.75, 3.05) is 0 Å². The summed E-state index contributed by atoms with van der Waals surface area (Å²) in [5, 5.41) is 12.0. The first-order chi connectivity index (χ1) is 9.54. The van der Waals surface area contributed by atoms with Crippen LogP contribution >= 0.6 is 0 Å². The second-order valence-corrected chi connectivity index (χ2v) is 11.6. The molecule has 0 spiro atoms. The minimum absolute atomic E-state index is 0.0792. The normalized spacial score (nSPS) is 12.7. The van der Waals surface area contributed by atoms with Gasteiger partial charge in [0.05, 0.1) is 12.4 Å². The van der Waals surface area contributed by atoms with Gasteiger partial charge < -0.3 is 14.5 Å². The number of fused-ring (bicyclic) bond motifs is 1. The zero-order valence-electron chi connectivity index (χ0n) is 13.4. The number of rotatable bonds is 3. The lowest BCUT2D eigenvalue weighted by atomic mass is 10.2. The van der Waals surface area contributed by atoms with Gasteiger partial charge >= 0.3 is 5.82 Å². The largest absolute Gasteiger partial charge is 0.543 e. The van der Waals surface area contributed by atoms with Crippen LogP contribution in [0.1, 0.15) is 20.8 Å². The molecular formula is C15H22N2O3Si. The molecule has 0 saturated carbocycles. The summed E-state index contributed by atoms with van der Waals surface area (Å²) >= 11 is 0. The highest BCUT2D eigenvalue weighted by atomic mass is 28.4. The van der Waals surface area contributed by atoms with E-state index in [0.29, 0.717) is 0 Å². The monoisotopic (exact) mass is 306 g/mol. The van der Waals surface area contributed by atoms with E-state index in [1.165, 1.54) is 0 Å². The SMILES string of the molecule is Cn1c([N+](=O)[O-])cc2c(O[Si](C)(C)C(C)(C)C)cccc21. The van der Waals surface area contributed by atoms with Gasteiger partial charge in [0.1, 0.15) is 11.3 Å². The highest BCUT2D eigenvalue weighted by Gasteiger charge is 2.39. The summed E-state index contributed by atoms with van der Waals surface area (Å²) in [6, 6.07) is 7.25. The highest BCUT2D eigenvalue weighted by Crippen LogP contribution is 2.40. The van der Waals surface area contributed by atoms with E-state index < -0.39 is 8.32 Å². The highest BCUT2D eigenvalue weighted by molar-refractivity contribution is 6.74. The molecule has 1 aromatic heterocycles. The van der Waals surface area contributed by atoms with Gasteiger partial charge in [-0.1, -0.05) is 26.8 Å². The van der Waals surface area contributed by atoms with Gasteiger partial charge in [0.2, 0.25) is 0 Å². The van der Waals surface area contributed by atoms with Gasteiger partial charge in [-0.15, -0.1) is 0 Å². The van der Waals surface area contributed by atoms with E-state index in [2.05, 4.69) is 33.9 Å². The average molecular weight is 306 g/mol. The van der Waals surface area contributed by atoms with Gasteiger partial charge in [-0.2, -0.15) is 0 Å². The fraction of sp³-hybridized carbons (Fsp3) is 0.467. The Hall–Kier alpha value is -1.82. The number of nitrogens with zero attached hydrogens (tertiary/aromatic N) is 2. The third-order valence-corrected chi connectivity index (χ3v) is 8.72. The van der Waals surface area contributed by atoms with Crippen molar-refractivity contribution in [1.82, 2.24) is 4.57 Å². The average Bonchev–Trinajstić information content (AvgIpc) is 2.67. The summed E-state index contributed by atoms with van der Waals surface area (Å²) in [4.78, 5) is 10.7. The number of benzene rings is 1. The van der Waals surface area contributed by atoms with Crippen molar-refractivity contribution in [3.8, 4) is 5.75 Å². The molecule has 0 aliphatic carbocycles. The third kappa shape index (κ3) is 2.67. The van der Waals surface area contributed by atoms with E-state index in [1.54, 1.807) is 17.7 Å². The van der Waals surface area contributed by atoms with Gasteiger partial charge in [0.15, 0.2) is 0 Å². The molecule has 0 unspecified atom stereocenters. The predicted octanol–water partition coefficient (Wildman–Crippen LogP) is 4.47. The van der Waals surface area contributed by atoms with Crippen LogP contribution in [0.5, 0.6) is 5.75 Å². The Labute approximate surface area is 125 Å². The van der Waals surface area contributed by atoms with Gasteiger partial charge in [0.25, 0.3) is 8.32 Å². The minimum atomic E-state index is -1.98. The number of aromatic nitrogens is 1. The summed E-state index contributed by atoms with van der Waals surface area (Å²) in [5.41, 5.74) is 0.818. The lowest BCUT2D eigenvalue weighted by molar-refractivity contribution is -0.391. The van der Waals surface area contributed by atoms with Gasteiger partial charge in [0, 0.05) is 6.07 Å². The smallest absolute Gasteiger partial charge is 0.324 e. The zero-order chi connectivity index (χ0) is 16.0. The van der Waals surface area contributed by atoms with Gasteiger partial charge in [-0.05, 0) is 35.2 Å². The van der Waals surface area contributed by atoms with E-state index in [4.69, 9.17) is 4.43 Å². The van der Waals surface area contributed by atoms with Crippen LogP contribution in [0.25, 0.3) is 10.9 Å². The molecule has 1 aromatic carbocycles. The van der Waals surface area contributed by atoms with E-state index in [1.807, 2.05) is 18.2 Å². The molecule has 0 aliphatic heterocycles. The van der Waals surface area contributed by atoms with Crippen molar-refractivity contribution < 1.29 is 9.35 Å². The molecule has 0 saturated heterocycles. The third-order valence-electron chi connectivity index (χ3n) is 4.38. The standard InChI is InChI=1S/C15H22N2O3Si/c1-15(2,3)21(5,6)20-13-9-7-8-12-11(13)10-14(16(12)4)17(18)19/h7-10H,1-6H3. The van der Waals surface area contributed by atoms with Crippen LogP contribution in [0.3, 0.4) is 0 Å². The molecule has 2 rings (SSSR count). The lowest BCUT2D eigenvalue weighted by Gasteiger charge is -2.36. The van der Waals surface area contributed by atoms with Crippen LogP contribution < -0.4 is 4.43 Å². The maximum atomic E-state index is 11.1. The van der Waals surface area contributed by atoms with Gasteiger partial charge in [-0.25, -0.2) is 4.57 Å². The Kier molecular flexibility index (Phi) is 3.61. The molecule has 2 aromatic rings. The first kappa shape index (κ1) is 15.6. The number of aryl methyl sites for hydroxylation is 1. The molecule has 5 nitrogen and oxygen atoms in total. The molecule has 0 N–H and O–H groups in total. The van der Waals surface area contributed by atoms with Gasteiger partial charge in [-0.3, -0.25) is 0 Å². The second kappa shape index (κ2) is 4.87. The molecule has 0 radical (unpaired) electrons. The van der Waals surface area contributed by atoms with E-state index >= 15 is 0 Å². The van der Waals surface area contributed by atoms with E-state index in [9.17, 15) is 10.1 Å². The van der Waals surface area contributed by atoms with Crippen LogP contribution in [-0.4, -0.2) is 17.8 Å². The first-order valence-corrected chi connectivity index (χ1v) is 9.87. The summed E-state index contributed by atoms with van der Waals surface area (Å²) < 4.78 is 7.92. The summed E-state index contributed by atoms with van der Waals surface area (Å²) in [5.74, 6) is 0.819. The Morgan fingerprint density at radius 2 is 1.90 bits per heavy atom. The molecule has 0 atom stereocenters. The lowest BCUT2D eigenvalue weighted by Crippen LogP contribution is -2.43. The topological polar surface area (TPSA) is 57.3 Å². The molecule has 114 valence electrons. The van der Waals surface area contributed by atoms with Crippen LogP contribution in [0.15, 0.2) is 24.3 Å². The summed E-state index contributed by atoms with van der Waals surface area (Å²) in [6.45, 7) is 10.9. The maximum Gasteiger partial charge on any atom is 0.324 e. The molecule has 6 heteroatoms. The molecule has 21 heavy (non-hydrogen) atoms. The molecule has 1 heterocycles. The molecule has 0 fully saturated rings. The molecule has 0 bridgehead atoms. The second-order valence-electron chi connectivity index (χ2n) is 6.87. The molecule has 0 amide bonds. The van der Waals surface area contributed by atoms with Crippen molar-refractivity contribution >= 4 is 25.0 Å². The Balaban J connectivity index is 2.56. The fourth-order valence-corrected chi connectivity index (χ4v) is 3.05. The first-order valence-electron chi connectivity index (χ1n) is 6.96. The van der Waals surface area contributed by atoms with Crippen LogP contribution in [0.2, 0.25) is 18.1 Å². The van der Waals surface area contributed by atoms with Crippen molar-refractivity contribution in [3.05, 3.63) is 34.4 Å². The van der Waals surface area contributed by atoms with Crippen molar-refractivity contribution in [2.24, 2.45) is 7.05 Å². The Morgan fingerprint density at radius 1 is 1.29 bits per heavy atom. The van der Waals surface area contributed by atoms with Crippen molar-refractivity contribution in [3.63, 3.8) is 0 Å². The maximum absolute atomic E-state index is 11.1. The van der Waals surface area contributed by atoms with Crippen LogP contribution in [0.4, 0.5) is 5.82 Å². The van der Waals surface area contributed by atoms with E-state index in [0.717, 1.165) is 16.7 Å².